The third-order valence-electron chi connectivity index (χ3n) is 4.92. The van der Waals surface area contributed by atoms with Gasteiger partial charge in [-0.2, -0.15) is 0 Å². The van der Waals surface area contributed by atoms with Crippen LogP contribution in [0.3, 0.4) is 0 Å². The Hall–Kier alpha value is -2.89. The number of hydrogen-bond donors (Lipinski definition) is 0. The van der Waals surface area contributed by atoms with Gasteiger partial charge in [0.2, 0.25) is 6.79 Å². The van der Waals surface area contributed by atoms with Gasteiger partial charge in [-0.25, -0.2) is 0 Å². The van der Waals surface area contributed by atoms with E-state index in [1.807, 2.05) is 25.1 Å². The maximum Gasteiger partial charge on any atom is 0.254 e. The van der Waals surface area contributed by atoms with Crippen molar-refractivity contribution in [3.8, 4) is 11.5 Å². The number of ether oxygens (including phenoxy) is 2. The van der Waals surface area contributed by atoms with E-state index in [1.165, 1.54) is 11.4 Å². The molecule has 0 radical (unpaired) electrons. The normalized spacial score (nSPS) is 15.9. The molecule has 6 heteroatoms. The summed E-state index contributed by atoms with van der Waals surface area (Å²) < 4.78 is 10.7. The average molecular weight is 353 g/mol. The molecule has 2 heterocycles. The van der Waals surface area contributed by atoms with Crippen LogP contribution in [0.5, 0.6) is 11.5 Å². The van der Waals surface area contributed by atoms with Gasteiger partial charge < -0.3 is 24.2 Å². The Bertz CT molecular complexity index is 796. The third kappa shape index (κ3) is 3.14. The van der Waals surface area contributed by atoms with Crippen molar-refractivity contribution in [1.82, 2.24) is 4.90 Å². The summed E-state index contributed by atoms with van der Waals surface area (Å²) in [6.45, 7) is 3.30. The van der Waals surface area contributed by atoms with E-state index >= 15 is 0 Å². The maximum atomic E-state index is 12.8. The van der Waals surface area contributed by atoms with E-state index in [1.54, 1.807) is 12.1 Å². The number of nitrogens with zero attached hydrogens (tertiary/aromatic N) is 3. The number of benzene rings is 2. The van der Waals surface area contributed by atoms with Crippen molar-refractivity contribution in [2.24, 2.45) is 0 Å². The topological polar surface area (TPSA) is 45.2 Å². The summed E-state index contributed by atoms with van der Waals surface area (Å²) in [4.78, 5) is 19.1. The second kappa shape index (κ2) is 6.78. The van der Waals surface area contributed by atoms with Crippen molar-refractivity contribution >= 4 is 17.3 Å². The molecule has 4 rings (SSSR count). The lowest BCUT2D eigenvalue weighted by Crippen LogP contribution is -2.48. The molecular formula is C20H23N3O3. The lowest BCUT2D eigenvalue weighted by molar-refractivity contribution is 0.0746. The molecule has 2 aliphatic heterocycles. The van der Waals surface area contributed by atoms with Gasteiger partial charge in [0.05, 0.1) is 0 Å². The summed E-state index contributed by atoms with van der Waals surface area (Å²) in [5, 5.41) is 0. The van der Waals surface area contributed by atoms with Crippen LogP contribution < -0.4 is 19.3 Å². The van der Waals surface area contributed by atoms with Gasteiger partial charge in [-0.3, -0.25) is 4.79 Å². The summed E-state index contributed by atoms with van der Waals surface area (Å²) in [6, 6.07) is 13.9. The Morgan fingerprint density at radius 3 is 2.31 bits per heavy atom. The van der Waals surface area contributed by atoms with Gasteiger partial charge in [-0.15, -0.1) is 0 Å². The fourth-order valence-electron chi connectivity index (χ4n) is 3.34. The molecule has 1 saturated heterocycles. The highest BCUT2D eigenvalue weighted by molar-refractivity contribution is 5.95. The van der Waals surface area contributed by atoms with Gasteiger partial charge >= 0.3 is 0 Å². The molecule has 2 aromatic carbocycles. The van der Waals surface area contributed by atoms with Gasteiger partial charge in [-0.05, 0) is 42.5 Å². The first-order chi connectivity index (χ1) is 12.6. The molecular weight excluding hydrogens is 330 g/mol. The minimum absolute atomic E-state index is 0.0471. The number of carbonyl (C=O) groups is 1. The fraction of sp³-hybridized carbons (Fsp3) is 0.350. The van der Waals surface area contributed by atoms with Crippen molar-refractivity contribution in [1.29, 1.82) is 0 Å². The monoisotopic (exact) mass is 353 g/mol. The Balaban J connectivity index is 1.39. The van der Waals surface area contributed by atoms with Crippen molar-refractivity contribution in [3.63, 3.8) is 0 Å². The predicted molar refractivity (Wildman–Crippen MR) is 101 cm³/mol. The van der Waals surface area contributed by atoms with Crippen molar-refractivity contribution < 1.29 is 14.3 Å². The summed E-state index contributed by atoms with van der Waals surface area (Å²) in [6.07, 6.45) is 0. The molecule has 0 saturated carbocycles. The highest BCUT2D eigenvalue weighted by atomic mass is 16.7. The number of piperazine rings is 1. The van der Waals surface area contributed by atoms with Crippen molar-refractivity contribution in [2.45, 2.75) is 0 Å². The second-order valence-corrected chi connectivity index (χ2v) is 6.76. The molecule has 0 N–H and O–H groups in total. The molecule has 136 valence electrons. The Labute approximate surface area is 153 Å². The van der Waals surface area contributed by atoms with Crippen LogP contribution in [0.1, 0.15) is 10.4 Å². The molecule has 2 aliphatic rings. The zero-order chi connectivity index (χ0) is 18.1. The average Bonchev–Trinajstić information content (AvgIpc) is 3.15. The van der Waals surface area contributed by atoms with Gasteiger partial charge in [-0.1, -0.05) is 0 Å². The van der Waals surface area contributed by atoms with E-state index in [0.29, 0.717) is 30.2 Å². The largest absolute Gasteiger partial charge is 0.454 e. The minimum atomic E-state index is 0.0471. The molecule has 0 atom stereocenters. The van der Waals surface area contributed by atoms with Crippen molar-refractivity contribution in [2.75, 3.05) is 56.9 Å². The highest BCUT2D eigenvalue weighted by Crippen LogP contribution is 2.33. The molecule has 1 fully saturated rings. The quantitative estimate of drug-likeness (QED) is 0.848. The molecule has 6 nitrogen and oxygen atoms in total. The van der Waals surface area contributed by atoms with Crippen LogP contribution in [0, 0.1) is 0 Å². The van der Waals surface area contributed by atoms with Crippen molar-refractivity contribution in [3.05, 3.63) is 48.0 Å². The SMILES string of the molecule is CN(C)c1ccc(N2CCN(C(=O)c3ccc4c(c3)OCO4)CC2)cc1. The van der Waals surface area contributed by atoms with Crippen LogP contribution in [0.2, 0.25) is 0 Å². The molecule has 0 aliphatic carbocycles. The number of amides is 1. The summed E-state index contributed by atoms with van der Waals surface area (Å²) >= 11 is 0. The number of anilines is 2. The van der Waals surface area contributed by atoms with Crippen LogP contribution >= 0.6 is 0 Å². The summed E-state index contributed by atoms with van der Waals surface area (Å²) in [5.74, 6) is 1.40. The zero-order valence-electron chi connectivity index (χ0n) is 15.1. The number of rotatable bonds is 3. The number of carbonyl (C=O) groups excluding carboxylic acids is 1. The Morgan fingerprint density at radius 1 is 0.923 bits per heavy atom. The predicted octanol–water partition coefficient (Wildman–Crippen LogP) is 2.44. The number of fused-ring (bicyclic) bond motifs is 1. The van der Waals surface area contributed by atoms with Gasteiger partial charge in [0, 0.05) is 57.2 Å². The molecule has 0 aromatic heterocycles. The maximum absolute atomic E-state index is 12.8. The third-order valence-corrected chi connectivity index (χ3v) is 4.92. The Kier molecular flexibility index (Phi) is 4.32. The number of hydrogen-bond acceptors (Lipinski definition) is 5. The van der Waals surface area contributed by atoms with Crippen LogP contribution in [0.15, 0.2) is 42.5 Å². The van der Waals surface area contributed by atoms with Gasteiger partial charge in [0.1, 0.15) is 0 Å². The highest BCUT2D eigenvalue weighted by Gasteiger charge is 2.24. The molecule has 26 heavy (non-hydrogen) atoms. The Morgan fingerprint density at radius 2 is 1.62 bits per heavy atom. The van der Waals surface area contributed by atoms with E-state index in [9.17, 15) is 4.79 Å². The first kappa shape index (κ1) is 16.6. The first-order valence-corrected chi connectivity index (χ1v) is 8.83. The van der Waals surface area contributed by atoms with Gasteiger partial charge in [0.15, 0.2) is 11.5 Å². The molecule has 2 aromatic rings. The van der Waals surface area contributed by atoms with E-state index in [-0.39, 0.29) is 12.7 Å². The van der Waals surface area contributed by atoms with E-state index in [0.717, 1.165) is 13.1 Å². The second-order valence-electron chi connectivity index (χ2n) is 6.76. The molecule has 1 amide bonds. The zero-order valence-corrected chi connectivity index (χ0v) is 15.1. The molecule has 0 bridgehead atoms. The lowest BCUT2D eigenvalue weighted by Gasteiger charge is -2.36. The molecule has 0 unspecified atom stereocenters. The fourth-order valence-corrected chi connectivity index (χ4v) is 3.34. The standard InChI is InChI=1S/C20H23N3O3/c1-21(2)16-4-6-17(7-5-16)22-9-11-23(12-10-22)20(24)15-3-8-18-19(13-15)26-14-25-18/h3-8,13H,9-12,14H2,1-2H3. The first-order valence-electron chi connectivity index (χ1n) is 8.83. The summed E-state index contributed by atoms with van der Waals surface area (Å²) in [5.41, 5.74) is 3.04. The van der Waals surface area contributed by atoms with Crippen LogP contribution in [-0.4, -0.2) is 57.9 Å². The van der Waals surface area contributed by atoms with E-state index in [4.69, 9.17) is 9.47 Å². The van der Waals surface area contributed by atoms with E-state index < -0.39 is 0 Å². The van der Waals surface area contributed by atoms with Crippen LogP contribution in [0.4, 0.5) is 11.4 Å². The van der Waals surface area contributed by atoms with Crippen LogP contribution in [-0.2, 0) is 0 Å². The van der Waals surface area contributed by atoms with Crippen LogP contribution in [0.25, 0.3) is 0 Å². The van der Waals surface area contributed by atoms with Gasteiger partial charge in [0.25, 0.3) is 5.91 Å². The molecule has 0 spiro atoms. The smallest absolute Gasteiger partial charge is 0.254 e. The minimum Gasteiger partial charge on any atom is -0.454 e. The van der Waals surface area contributed by atoms with E-state index in [2.05, 4.69) is 34.1 Å². The lowest BCUT2D eigenvalue weighted by atomic mass is 10.1. The summed E-state index contributed by atoms with van der Waals surface area (Å²) in [7, 11) is 4.07.